The molecule has 0 aliphatic heterocycles. The van der Waals surface area contributed by atoms with Crippen LogP contribution in [0.5, 0.6) is 5.75 Å². The Labute approximate surface area is 217 Å². The van der Waals surface area contributed by atoms with Crippen molar-refractivity contribution in [2.45, 2.75) is 45.8 Å². The SMILES string of the molecule is CCCC(C)c1c(-c2ccc(OCc3ccncc3)cc2)n(CC(=O)N(C)C)c2cc(C(=O)O)ccc12. The van der Waals surface area contributed by atoms with E-state index in [1.165, 1.54) is 0 Å². The van der Waals surface area contributed by atoms with E-state index >= 15 is 0 Å². The smallest absolute Gasteiger partial charge is 0.335 e. The number of aromatic carboxylic acids is 1. The summed E-state index contributed by atoms with van der Waals surface area (Å²) in [5, 5.41) is 10.6. The third-order valence-electron chi connectivity index (χ3n) is 6.64. The molecule has 0 aliphatic rings. The van der Waals surface area contributed by atoms with Gasteiger partial charge in [-0.25, -0.2) is 4.79 Å². The molecule has 0 bridgehead atoms. The summed E-state index contributed by atoms with van der Waals surface area (Å²) in [5.74, 6) is -0.0970. The van der Waals surface area contributed by atoms with Crippen LogP contribution in [0.1, 0.15) is 54.1 Å². The number of rotatable bonds is 10. The van der Waals surface area contributed by atoms with E-state index in [1.54, 1.807) is 43.5 Å². The maximum absolute atomic E-state index is 12.9. The second-order valence-corrected chi connectivity index (χ2v) is 9.53. The van der Waals surface area contributed by atoms with Gasteiger partial charge >= 0.3 is 5.97 Å². The zero-order chi connectivity index (χ0) is 26.5. The number of ether oxygens (including phenoxy) is 1. The van der Waals surface area contributed by atoms with Crippen molar-refractivity contribution in [1.29, 1.82) is 0 Å². The molecule has 1 atom stereocenters. The molecule has 2 aromatic carbocycles. The van der Waals surface area contributed by atoms with E-state index in [0.29, 0.717) is 6.61 Å². The summed E-state index contributed by atoms with van der Waals surface area (Å²) in [5.41, 5.74) is 5.01. The Kier molecular flexibility index (Phi) is 7.92. The topological polar surface area (TPSA) is 84.7 Å². The predicted octanol–water partition coefficient (Wildman–Crippen LogP) is 5.97. The average molecular weight is 500 g/mol. The fourth-order valence-electron chi connectivity index (χ4n) is 4.69. The highest BCUT2D eigenvalue weighted by Gasteiger charge is 2.25. The van der Waals surface area contributed by atoms with Gasteiger partial charge in [-0.05, 0) is 77.6 Å². The van der Waals surface area contributed by atoms with Gasteiger partial charge in [0.1, 0.15) is 18.9 Å². The van der Waals surface area contributed by atoms with Crippen LogP contribution in [0.15, 0.2) is 67.0 Å². The number of carboxylic acid groups (broad SMARTS) is 1. The van der Waals surface area contributed by atoms with E-state index in [1.807, 2.05) is 47.0 Å². The molecule has 4 aromatic rings. The average Bonchev–Trinajstić information content (AvgIpc) is 3.21. The van der Waals surface area contributed by atoms with Gasteiger partial charge in [0.25, 0.3) is 0 Å². The molecule has 2 aromatic heterocycles. The molecule has 192 valence electrons. The molecular formula is C30H33N3O4. The van der Waals surface area contributed by atoms with Gasteiger partial charge in [0.15, 0.2) is 0 Å². The van der Waals surface area contributed by atoms with Gasteiger partial charge < -0.3 is 19.3 Å². The lowest BCUT2D eigenvalue weighted by molar-refractivity contribution is -0.129. The number of likely N-dealkylation sites (N-methyl/N-ethyl adjacent to an activating group) is 1. The van der Waals surface area contributed by atoms with Crippen LogP contribution in [-0.2, 0) is 17.9 Å². The Morgan fingerprint density at radius 3 is 2.38 bits per heavy atom. The van der Waals surface area contributed by atoms with Gasteiger partial charge in [-0.15, -0.1) is 0 Å². The molecule has 7 nitrogen and oxygen atoms in total. The fourth-order valence-corrected chi connectivity index (χ4v) is 4.69. The summed E-state index contributed by atoms with van der Waals surface area (Å²) in [6.45, 7) is 4.90. The van der Waals surface area contributed by atoms with Crippen molar-refractivity contribution in [2.75, 3.05) is 14.1 Å². The quantitative estimate of drug-likeness (QED) is 0.290. The van der Waals surface area contributed by atoms with Crippen LogP contribution < -0.4 is 4.74 Å². The number of fused-ring (bicyclic) bond motifs is 1. The number of pyridine rings is 1. The standard InChI is InChI=1S/C30H33N3O4/c1-5-6-20(2)28-25-12-9-23(30(35)36)17-26(25)33(18-27(34)32(3)4)29(28)22-7-10-24(11-8-22)37-19-21-13-15-31-16-14-21/h7-17,20H,5-6,18-19H2,1-4H3,(H,35,36). The molecule has 2 heterocycles. The zero-order valence-electron chi connectivity index (χ0n) is 21.8. The Balaban J connectivity index is 1.83. The Morgan fingerprint density at radius 2 is 1.76 bits per heavy atom. The second kappa shape index (κ2) is 11.3. The molecule has 0 fully saturated rings. The van der Waals surface area contributed by atoms with Gasteiger partial charge in [-0.1, -0.05) is 26.3 Å². The largest absolute Gasteiger partial charge is 0.489 e. The predicted molar refractivity (Wildman–Crippen MR) is 145 cm³/mol. The van der Waals surface area contributed by atoms with Crippen LogP contribution >= 0.6 is 0 Å². The Morgan fingerprint density at radius 1 is 1.05 bits per heavy atom. The summed E-state index contributed by atoms with van der Waals surface area (Å²) in [4.78, 5) is 30.3. The lowest BCUT2D eigenvalue weighted by atomic mass is 9.91. The number of benzene rings is 2. The molecule has 0 radical (unpaired) electrons. The second-order valence-electron chi connectivity index (χ2n) is 9.53. The van der Waals surface area contributed by atoms with Crippen molar-refractivity contribution < 1.29 is 19.4 Å². The van der Waals surface area contributed by atoms with Gasteiger partial charge in [-0.2, -0.15) is 0 Å². The van der Waals surface area contributed by atoms with Crippen molar-refractivity contribution in [3.63, 3.8) is 0 Å². The highest BCUT2D eigenvalue weighted by Crippen LogP contribution is 2.41. The minimum Gasteiger partial charge on any atom is -0.489 e. The number of aromatic nitrogens is 2. The van der Waals surface area contributed by atoms with Crippen LogP contribution in [0.3, 0.4) is 0 Å². The van der Waals surface area contributed by atoms with Gasteiger partial charge in [0, 0.05) is 31.9 Å². The molecule has 0 saturated carbocycles. The van der Waals surface area contributed by atoms with E-state index in [0.717, 1.165) is 51.9 Å². The number of hydrogen-bond donors (Lipinski definition) is 1. The first-order valence-corrected chi connectivity index (χ1v) is 12.5. The normalized spacial score (nSPS) is 11.9. The van der Waals surface area contributed by atoms with Crippen molar-refractivity contribution >= 4 is 22.8 Å². The molecule has 1 unspecified atom stereocenters. The minimum atomic E-state index is -0.992. The van der Waals surface area contributed by atoms with Crippen molar-refractivity contribution in [1.82, 2.24) is 14.5 Å². The van der Waals surface area contributed by atoms with E-state index < -0.39 is 5.97 Å². The molecule has 7 heteroatoms. The maximum Gasteiger partial charge on any atom is 0.335 e. The van der Waals surface area contributed by atoms with Crippen molar-refractivity contribution in [3.05, 3.63) is 83.7 Å². The van der Waals surface area contributed by atoms with Gasteiger partial charge in [0.2, 0.25) is 5.91 Å². The van der Waals surface area contributed by atoms with Crippen LogP contribution in [0, 0.1) is 0 Å². The minimum absolute atomic E-state index is 0.0640. The highest BCUT2D eigenvalue weighted by atomic mass is 16.5. The van der Waals surface area contributed by atoms with Crippen LogP contribution in [0.25, 0.3) is 22.2 Å². The Bertz CT molecular complexity index is 1390. The van der Waals surface area contributed by atoms with Crippen LogP contribution in [-0.4, -0.2) is 45.5 Å². The maximum atomic E-state index is 12.9. The number of carbonyl (C=O) groups excluding carboxylic acids is 1. The molecule has 37 heavy (non-hydrogen) atoms. The monoisotopic (exact) mass is 499 g/mol. The molecule has 0 saturated heterocycles. The number of hydrogen-bond acceptors (Lipinski definition) is 4. The Hall–Kier alpha value is -4.13. The molecule has 1 N–H and O–H groups in total. The van der Waals surface area contributed by atoms with Crippen molar-refractivity contribution in [3.8, 4) is 17.0 Å². The highest BCUT2D eigenvalue weighted by molar-refractivity contribution is 5.99. The summed E-state index contributed by atoms with van der Waals surface area (Å²) in [6.07, 6.45) is 5.47. The van der Waals surface area contributed by atoms with Gasteiger partial charge in [0.05, 0.1) is 16.8 Å². The first-order chi connectivity index (χ1) is 17.8. The number of carbonyl (C=O) groups is 2. The van der Waals surface area contributed by atoms with E-state index in [2.05, 4.69) is 18.8 Å². The summed E-state index contributed by atoms with van der Waals surface area (Å²) >= 11 is 0. The first-order valence-electron chi connectivity index (χ1n) is 12.5. The molecule has 4 rings (SSSR count). The molecular weight excluding hydrogens is 466 g/mol. The third kappa shape index (κ3) is 5.66. The molecule has 1 amide bonds. The summed E-state index contributed by atoms with van der Waals surface area (Å²) in [7, 11) is 3.46. The van der Waals surface area contributed by atoms with Gasteiger partial charge in [-0.3, -0.25) is 9.78 Å². The number of amides is 1. The fraction of sp³-hybridized carbons (Fsp3) is 0.300. The molecule has 0 aliphatic carbocycles. The summed E-state index contributed by atoms with van der Waals surface area (Å²) in [6, 6.07) is 16.9. The van der Waals surface area contributed by atoms with E-state index in [-0.39, 0.29) is 23.9 Å². The number of nitrogens with zero attached hydrogens (tertiary/aromatic N) is 3. The number of carboxylic acids is 1. The van der Waals surface area contributed by atoms with Crippen LogP contribution in [0.4, 0.5) is 0 Å². The lowest BCUT2D eigenvalue weighted by Gasteiger charge is -2.18. The third-order valence-corrected chi connectivity index (χ3v) is 6.64. The summed E-state index contributed by atoms with van der Waals surface area (Å²) < 4.78 is 7.94. The van der Waals surface area contributed by atoms with E-state index in [9.17, 15) is 14.7 Å². The first kappa shape index (κ1) is 25.9. The zero-order valence-corrected chi connectivity index (χ0v) is 21.8. The van der Waals surface area contributed by atoms with Crippen molar-refractivity contribution in [2.24, 2.45) is 0 Å². The van der Waals surface area contributed by atoms with Crippen LogP contribution in [0.2, 0.25) is 0 Å². The lowest BCUT2D eigenvalue weighted by Crippen LogP contribution is -2.26. The molecule has 0 spiro atoms. The van der Waals surface area contributed by atoms with E-state index in [4.69, 9.17) is 4.74 Å².